The summed E-state index contributed by atoms with van der Waals surface area (Å²) in [5.41, 5.74) is 2.65. The summed E-state index contributed by atoms with van der Waals surface area (Å²) in [6.45, 7) is 6.02. The molecular weight excluding hydrogens is 666 g/mol. The first-order valence-electron chi connectivity index (χ1n) is 14.6. The molecule has 3 aromatic rings. The van der Waals surface area contributed by atoms with Gasteiger partial charge in [0, 0.05) is 37.0 Å². The molecule has 0 radical (unpaired) electrons. The van der Waals surface area contributed by atoms with E-state index in [0.29, 0.717) is 23.9 Å². The zero-order chi connectivity index (χ0) is 36.6. The number of nitrogens with zero attached hydrogens (tertiary/aromatic N) is 3. The minimum Gasteiger partial charge on any atom is -0.497 e. The van der Waals surface area contributed by atoms with Gasteiger partial charge < -0.3 is 35.8 Å². The summed E-state index contributed by atoms with van der Waals surface area (Å²) in [6, 6.07) is 16.7. The average Bonchev–Trinajstić information content (AvgIpc) is 3.56. The number of aryl methyl sites for hydroxylation is 1. The van der Waals surface area contributed by atoms with Gasteiger partial charge in [-0.05, 0) is 62.7 Å². The van der Waals surface area contributed by atoms with Crippen LogP contribution in [0.25, 0.3) is 0 Å². The molecule has 1 aliphatic heterocycles. The van der Waals surface area contributed by atoms with Gasteiger partial charge in [-0.1, -0.05) is 30.3 Å². The second-order valence-electron chi connectivity index (χ2n) is 10.4. The molecule has 1 aromatic heterocycles. The van der Waals surface area contributed by atoms with Gasteiger partial charge in [0.1, 0.15) is 17.6 Å². The van der Waals surface area contributed by atoms with E-state index < -0.39 is 30.3 Å². The van der Waals surface area contributed by atoms with Crippen LogP contribution in [0.15, 0.2) is 60.8 Å². The minimum absolute atomic E-state index is 0.138. The van der Waals surface area contributed by atoms with E-state index in [9.17, 15) is 31.1 Å². The van der Waals surface area contributed by atoms with Crippen LogP contribution in [0.2, 0.25) is 0 Å². The molecule has 4 rings (SSSR count). The zero-order valence-corrected chi connectivity index (χ0v) is 26.4. The van der Waals surface area contributed by atoms with Gasteiger partial charge in [0.25, 0.3) is 0 Å². The second-order valence-corrected chi connectivity index (χ2v) is 10.4. The Hall–Kier alpha value is -5.13. The number of halogens is 6. The van der Waals surface area contributed by atoms with Gasteiger partial charge >= 0.3 is 24.3 Å². The van der Waals surface area contributed by atoms with E-state index >= 15 is 0 Å². The summed E-state index contributed by atoms with van der Waals surface area (Å²) >= 11 is 0. The molecule has 0 spiro atoms. The molecule has 0 saturated carbocycles. The molecule has 5 N–H and O–H groups in total. The monoisotopic (exact) mass is 702 g/mol. The number of hydrogen-bond donors (Lipinski definition) is 5. The fourth-order valence-electron chi connectivity index (χ4n) is 4.13. The van der Waals surface area contributed by atoms with E-state index in [-0.39, 0.29) is 5.91 Å². The van der Waals surface area contributed by atoms with Crippen molar-refractivity contribution in [2.45, 2.75) is 44.6 Å². The Balaban J connectivity index is 0.000000500. The Bertz CT molecular complexity index is 1460. The molecule has 268 valence electrons. The first-order chi connectivity index (χ1) is 23.0. The number of ether oxygens (including phenoxy) is 1. The number of alkyl halides is 6. The number of nitrogens with one attached hydrogen (secondary N) is 3. The highest BCUT2D eigenvalue weighted by Gasteiger charge is 2.38. The van der Waals surface area contributed by atoms with Crippen LogP contribution < -0.4 is 20.7 Å². The topological polar surface area (TPSA) is 166 Å². The Morgan fingerprint density at radius 3 is 1.98 bits per heavy atom. The van der Waals surface area contributed by atoms with Gasteiger partial charge in [-0.25, -0.2) is 14.6 Å². The first-order valence-corrected chi connectivity index (χ1v) is 14.6. The molecule has 18 heteroatoms. The Labute approximate surface area is 277 Å². The lowest BCUT2D eigenvalue weighted by molar-refractivity contribution is -0.193. The van der Waals surface area contributed by atoms with Gasteiger partial charge in [-0.15, -0.1) is 0 Å². The quantitative estimate of drug-likeness (QED) is 0.166. The summed E-state index contributed by atoms with van der Waals surface area (Å²) in [4.78, 5) is 42.7. The summed E-state index contributed by atoms with van der Waals surface area (Å²) < 4.78 is 68.7. The van der Waals surface area contributed by atoms with Crippen molar-refractivity contribution in [2.75, 3.05) is 49.2 Å². The largest absolute Gasteiger partial charge is 0.497 e. The number of methoxy groups -OCH3 is 1. The molecule has 1 fully saturated rings. The number of aliphatic carboxylic acids is 2. The van der Waals surface area contributed by atoms with Crippen LogP contribution in [-0.4, -0.2) is 94.6 Å². The Morgan fingerprint density at radius 2 is 1.47 bits per heavy atom. The number of carbonyl (C=O) groups is 3. The van der Waals surface area contributed by atoms with Crippen molar-refractivity contribution in [3.05, 3.63) is 71.9 Å². The van der Waals surface area contributed by atoms with Gasteiger partial charge in [-0.2, -0.15) is 31.3 Å². The molecule has 2 heterocycles. The first kappa shape index (κ1) is 40.0. The molecule has 1 aliphatic rings. The molecule has 1 atom stereocenters. The molecule has 0 bridgehead atoms. The summed E-state index contributed by atoms with van der Waals surface area (Å²) in [7, 11) is 1.62. The SMILES string of the molecule is COc1ccc(NC(=O)[C@H](Cc2ccccc2)Nc2nc(NCCN3CCCC3)ncc2C)cc1.O=C(O)C(F)(F)F.O=C(O)C(F)(F)F. The van der Waals surface area contributed by atoms with E-state index in [4.69, 9.17) is 24.5 Å². The van der Waals surface area contributed by atoms with Crippen molar-refractivity contribution < 1.29 is 55.7 Å². The number of benzene rings is 2. The number of rotatable bonds is 11. The normalized spacial score (nSPS) is 13.5. The third kappa shape index (κ3) is 15.1. The van der Waals surface area contributed by atoms with Gasteiger partial charge in [0.2, 0.25) is 11.9 Å². The van der Waals surface area contributed by atoms with Crippen molar-refractivity contribution in [1.29, 1.82) is 0 Å². The van der Waals surface area contributed by atoms with Crippen molar-refractivity contribution in [3.63, 3.8) is 0 Å². The van der Waals surface area contributed by atoms with E-state index in [0.717, 1.165) is 43.1 Å². The van der Waals surface area contributed by atoms with Crippen LogP contribution in [-0.2, 0) is 20.8 Å². The lowest BCUT2D eigenvalue weighted by Crippen LogP contribution is -2.37. The number of aromatic nitrogens is 2. The van der Waals surface area contributed by atoms with Crippen LogP contribution in [0, 0.1) is 6.92 Å². The molecule has 1 saturated heterocycles. The Kier molecular flexibility index (Phi) is 15.5. The number of carboxylic acid groups (broad SMARTS) is 2. The molecule has 0 aliphatic carbocycles. The molecule has 1 amide bonds. The predicted octanol–water partition coefficient (Wildman–Crippen LogP) is 5.23. The molecule has 49 heavy (non-hydrogen) atoms. The van der Waals surface area contributed by atoms with Crippen LogP contribution in [0.3, 0.4) is 0 Å². The maximum Gasteiger partial charge on any atom is 0.490 e. The molecule has 12 nitrogen and oxygen atoms in total. The van der Waals surface area contributed by atoms with Gasteiger partial charge in [-0.3, -0.25) is 4.79 Å². The summed E-state index contributed by atoms with van der Waals surface area (Å²) in [5, 5.41) is 24.0. The van der Waals surface area contributed by atoms with E-state index in [1.54, 1.807) is 13.3 Å². The lowest BCUT2D eigenvalue weighted by atomic mass is 10.0. The third-order valence-corrected chi connectivity index (χ3v) is 6.63. The van der Waals surface area contributed by atoms with Gasteiger partial charge in [0.15, 0.2) is 0 Å². The van der Waals surface area contributed by atoms with Crippen molar-refractivity contribution in [2.24, 2.45) is 0 Å². The highest BCUT2D eigenvalue weighted by Crippen LogP contribution is 2.19. The highest BCUT2D eigenvalue weighted by molar-refractivity contribution is 5.96. The van der Waals surface area contributed by atoms with Crippen LogP contribution in [0.4, 0.5) is 43.8 Å². The van der Waals surface area contributed by atoms with E-state index in [2.05, 4.69) is 30.8 Å². The van der Waals surface area contributed by atoms with Crippen molar-refractivity contribution >= 4 is 35.3 Å². The number of likely N-dealkylation sites (tertiary alicyclic amines) is 1. The highest BCUT2D eigenvalue weighted by atomic mass is 19.4. The lowest BCUT2D eigenvalue weighted by Gasteiger charge is -2.21. The van der Waals surface area contributed by atoms with Crippen LogP contribution in [0.5, 0.6) is 5.75 Å². The molecule has 0 unspecified atom stereocenters. The standard InChI is InChI=1S/C27H34N6O2.2C2HF3O2/c1-20-19-29-27(28-14-17-33-15-6-7-16-33)32-25(20)31-24(18-21-8-4-3-5-9-21)26(34)30-22-10-12-23(35-2)13-11-22;2*3-2(4,5)1(6)7/h3-5,8-13,19,24H,6-7,14-18H2,1-2H3,(H,30,34)(H2,28,29,31,32);2*(H,6,7)/t24-;;/m0../s1. The number of hydrogen-bond acceptors (Lipinski definition) is 9. The van der Waals surface area contributed by atoms with Gasteiger partial charge in [0.05, 0.1) is 7.11 Å². The fourth-order valence-corrected chi connectivity index (χ4v) is 4.13. The van der Waals surface area contributed by atoms with E-state index in [1.807, 2.05) is 61.5 Å². The number of carboxylic acids is 2. The number of carbonyl (C=O) groups excluding carboxylic acids is 1. The smallest absolute Gasteiger partial charge is 0.490 e. The van der Waals surface area contributed by atoms with Crippen molar-refractivity contribution in [3.8, 4) is 5.75 Å². The van der Waals surface area contributed by atoms with Crippen LogP contribution in [0.1, 0.15) is 24.0 Å². The number of amides is 1. The predicted molar refractivity (Wildman–Crippen MR) is 167 cm³/mol. The van der Waals surface area contributed by atoms with Crippen LogP contribution >= 0.6 is 0 Å². The summed E-state index contributed by atoms with van der Waals surface area (Å²) in [5.74, 6) is -3.70. The maximum absolute atomic E-state index is 13.3. The molecule has 2 aromatic carbocycles. The average molecular weight is 703 g/mol. The molecular formula is C31H36F6N6O6. The minimum atomic E-state index is -5.08. The number of anilines is 3. The third-order valence-electron chi connectivity index (χ3n) is 6.63. The fraction of sp³-hybridized carbons (Fsp3) is 0.387. The maximum atomic E-state index is 13.3. The van der Waals surface area contributed by atoms with E-state index in [1.165, 1.54) is 12.8 Å². The zero-order valence-electron chi connectivity index (χ0n) is 26.4. The second kappa shape index (κ2) is 19.0. The summed E-state index contributed by atoms with van der Waals surface area (Å²) in [6.07, 6.45) is -5.31. The van der Waals surface area contributed by atoms with Crippen molar-refractivity contribution in [1.82, 2.24) is 14.9 Å². The Morgan fingerprint density at radius 1 is 0.918 bits per heavy atom.